The van der Waals surface area contributed by atoms with Gasteiger partial charge in [-0.15, -0.1) is 0 Å². The van der Waals surface area contributed by atoms with E-state index in [0.717, 1.165) is 36.1 Å². The number of nitrogens with zero attached hydrogens (tertiary/aromatic N) is 2. The van der Waals surface area contributed by atoms with E-state index in [1.165, 1.54) is 4.90 Å². The lowest BCUT2D eigenvalue weighted by Gasteiger charge is -2.37. The van der Waals surface area contributed by atoms with Crippen LogP contribution in [-0.4, -0.2) is 42.4 Å². The van der Waals surface area contributed by atoms with Crippen molar-refractivity contribution in [1.29, 1.82) is 0 Å². The second kappa shape index (κ2) is 5.55. The minimum Gasteiger partial charge on any atom is -0.371 e. The number of anilines is 1. The molecule has 21 heavy (non-hydrogen) atoms. The van der Waals surface area contributed by atoms with Gasteiger partial charge in [0.05, 0.1) is 0 Å². The topological polar surface area (TPSA) is 23.6 Å². The Balaban J connectivity index is 1.62. The molecule has 0 aromatic heterocycles. The molecule has 0 N–H and O–H groups in total. The van der Waals surface area contributed by atoms with Crippen LogP contribution < -0.4 is 4.90 Å². The van der Waals surface area contributed by atoms with Gasteiger partial charge >= 0.3 is 5.92 Å². The van der Waals surface area contributed by atoms with E-state index in [9.17, 15) is 13.6 Å². The summed E-state index contributed by atoms with van der Waals surface area (Å²) >= 11 is 3.45. The minimum absolute atomic E-state index is 0.0470. The van der Waals surface area contributed by atoms with E-state index < -0.39 is 11.8 Å². The average molecular weight is 359 g/mol. The molecule has 1 aromatic rings. The van der Waals surface area contributed by atoms with Gasteiger partial charge in [-0.05, 0) is 31.0 Å². The van der Waals surface area contributed by atoms with Gasteiger partial charge in [0.25, 0.3) is 5.91 Å². The summed E-state index contributed by atoms with van der Waals surface area (Å²) in [7, 11) is 0. The van der Waals surface area contributed by atoms with Gasteiger partial charge in [0.2, 0.25) is 0 Å². The fourth-order valence-corrected chi connectivity index (χ4v) is 3.52. The van der Waals surface area contributed by atoms with E-state index in [2.05, 4.69) is 26.9 Å². The number of carbonyl (C=O) groups excluding carboxylic acids is 1. The van der Waals surface area contributed by atoms with Crippen molar-refractivity contribution < 1.29 is 13.6 Å². The molecule has 2 aliphatic heterocycles. The Hall–Kier alpha value is -1.17. The molecule has 2 heterocycles. The van der Waals surface area contributed by atoms with Gasteiger partial charge in [0, 0.05) is 42.3 Å². The van der Waals surface area contributed by atoms with E-state index >= 15 is 0 Å². The van der Waals surface area contributed by atoms with Crippen LogP contribution in [-0.2, 0) is 4.79 Å². The molecule has 6 heteroatoms. The first kappa shape index (κ1) is 14.8. The third kappa shape index (κ3) is 2.91. The van der Waals surface area contributed by atoms with Crippen LogP contribution in [0.3, 0.4) is 0 Å². The second-order valence-electron chi connectivity index (χ2n) is 5.65. The van der Waals surface area contributed by atoms with Crippen LogP contribution in [0.5, 0.6) is 0 Å². The van der Waals surface area contributed by atoms with Crippen LogP contribution in [0.1, 0.15) is 19.3 Å². The van der Waals surface area contributed by atoms with Crippen molar-refractivity contribution >= 4 is 27.5 Å². The molecule has 0 spiro atoms. The van der Waals surface area contributed by atoms with Gasteiger partial charge in [0.1, 0.15) is 0 Å². The number of amides is 1. The zero-order chi connectivity index (χ0) is 15.0. The Kier molecular flexibility index (Phi) is 3.90. The van der Waals surface area contributed by atoms with E-state index in [4.69, 9.17) is 0 Å². The zero-order valence-corrected chi connectivity index (χ0v) is 13.2. The van der Waals surface area contributed by atoms with Crippen molar-refractivity contribution in [2.45, 2.75) is 31.2 Å². The van der Waals surface area contributed by atoms with Crippen molar-refractivity contribution in [3.8, 4) is 0 Å². The number of rotatable bonds is 2. The number of hydrogen-bond donors (Lipinski definition) is 0. The molecule has 1 amide bonds. The van der Waals surface area contributed by atoms with Gasteiger partial charge in [-0.1, -0.05) is 22.0 Å². The summed E-state index contributed by atoms with van der Waals surface area (Å²) in [6, 6.07) is 8.00. The normalized spacial score (nSPS) is 22.9. The first-order valence-corrected chi connectivity index (χ1v) is 7.96. The molecule has 0 saturated carbocycles. The Bertz CT molecular complexity index is 544. The Morgan fingerprint density at radius 3 is 2.48 bits per heavy atom. The van der Waals surface area contributed by atoms with E-state index in [-0.39, 0.29) is 19.0 Å². The molecule has 114 valence electrons. The maximum absolute atomic E-state index is 13.3. The number of likely N-dealkylation sites (tertiary alicyclic amines) is 1. The van der Waals surface area contributed by atoms with Gasteiger partial charge in [-0.25, -0.2) is 0 Å². The van der Waals surface area contributed by atoms with E-state index in [1.807, 2.05) is 18.2 Å². The lowest BCUT2D eigenvalue weighted by atomic mass is 10.0. The average Bonchev–Trinajstić information content (AvgIpc) is 2.74. The fraction of sp³-hybridized carbons (Fsp3) is 0.533. The summed E-state index contributed by atoms with van der Waals surface area (Å²) in [4.78, 5) is 15.3. The Morgan fingerprint density at radius 1 is 1.19 bits per heavy atom. The van der Waals surface area contributed by atoms with Crippen LogP contribution in [0.4, 0.5) is 14.5 Å². The molecule has 0 bridgehead atoms. The van der Waals surface area contributed by atoms with Crippen LogP contribution in [0.2, 0.25) is 0 Å². The van der Waals surface area contributed by atoms with Crippen LogP contribution >= 0.6 is 15.9 Å². The third-order valence-electron chi connectivity index (χ3n) is 4.32. The predicted octanol–water partition coefficient (Wildman–Crippen LogP) is 3.29. The number of halogens is 3. The predicted molar refractivity (Wildman–Crippen MR) is 80.7 cm³/mol. The van der Waals surface area contributed by atoms with Gasteiger partial charge in [0.15, 0.2) is 0 Å². The van der Waals surface area contributed by atoms with Crippen LogP contribution in [0.25, 0.3) is 0 Å². The van der Waals surface area contributed by atoms with Crippen molar-refractivity contribution in [2.24, 2.45) is 0 Å². The first-order valence-electron chi connectivity index (χ1n) is 7.17. The molecule has 3 nitrogen and oxygen atoms in total. The van der Waals surface area contributed by atoms with Crippen LogP contribution in [0, 0.1) is 0 Å². The third-order valence-corrected chi connectivity index (χ3v) is 4.81. The maximum atomic E-state index is 13.3. The van der Waals surface area contributed by atoms with Crippen molar-refractivity contribution in [3.05, 3.63) is 28.7 Å². The summed E-state index contributed by atoms with van der Waals surface area (Å²) in [6.45, 7) is 1.76. The van der Waals surface area contributed by atoms with E-state index in [1.54, 1.807) is 0 Å². The molecule has 3 rings (SSSR count). The first-order chi connectivity index (χ1) is 9.97. The Morgan fingerprint density at radius 2 is 1.90 bits per heavy atom. The van der Waals surface area contributed by atoms with Gasteiger partial charge < -0.3 is 9.80 Å². The molecule has 0 radical (unpaired) electrons. The summed E-state index contributed by atoms with van der Waals surface area (Å²) in [5.74, 6) is -4.13. The second-order valence-corrected chi connectivity index (χ2v) is 6.57. The van der Waals surface area contributed by atoms with Crippen molar-refractivity contribution in [2.75, 3.05) is 24.5 Å². The lowest BCUT2D eigenvalue weighted by molar-refractivity contribution is -0.149. The van der Waals surface area contributed by atoms with Gasteiger partial charge in [-0.2, -0.15) is 8.78 Å². The van der Waals surface area contributed by atoms with Gasteiger partial charge in [-0.3, -0.25) is 4.79 Å². The molecule has 2 aliphatic rings. The molecule has 2 fully saturated rings. The number of piperidine rings is 1. The SMILES string of the molecule is O=C1N(C2CCN(c3cccc(Br)c3)CC2)CCC1(F)F. The standard InChI is InChI=1S/C15H17BrF2N2O/c16-11-2-1-3-13(10-11)19-7-4-12(5-8-19)20-9-6-15(17,18)14(20)21/h1-3,10,12H,4-9H2. The molecule has 0 atom stereocenters. The van der Waals surface area contributed by atoms with Crippen molar-refractivity contribution in [3.63, 3.8) is 0 Å². The van der Waals surface area contributed by atoms with Crippen LogP contribution in [0.15, 0.2) is 28.7 Å². The lowest BCUT2D eigenvalue weighted by Crippen LogP contribution is -2.47. The minimum atomic E-state index is -3.15. The highest BCUT2D eigenvalue weighted by molar-refractivity contribution is 9.10. The number of hydrogen-bond acceptors (Lipinski definition) is 2. The highest BCUT2D eigenvalue weighted by atomic mass is 79.9. The summed E-state index contributed by atoms with van der Waals surface area (Å²) < 4.78 is 27.7. The summed E-state index contributed by atoms with van der Waals surface area (Å²) in [5.41, 5.74) is 1.13. The fourth-order valence-electron chi connectivity index (χ4n) is 3.14. The highest BCUT2D eigenvalue weighted by Crippen LogP contribution is 2.33. The summed E-state index contributed by atoms with van der Waals surface area (Å²) in [6.07, 6.45) is 1.15. The smallest absolute Gasteiger partial charge is 0.326 e. The maximum Gasteiger partial charge on any atom is 0.326 e. The molecular formula is C15H17BrF2N2O. The highest BCUT2D eigenvalue weighted by Gasteiger charge is 2.50. The number of alkyl halides is 2. The molecular weight excluding hydrogens is 342 g/mol. The zero-order valence-electron chi connectivity index (χ0n) is 11.6. The summed E-state index contributed by atoms with van der Waals surface area (Å²) in [5, 5.41) is 0. The van der Waals surface area contributed by atoms with E-state index in [0.29, 0.717) is 0 Å². The van der Waals surface area contributed by atoms with Crippen molar-refractivity contribution in [1.82, 2.24) is 4.90 Å². The quantitative estimate of drug-likeness (QED) is 0.809. The molecule has 0 aliphatic carbocycles. The molecule has 1 aromatic carbocycles. The largest absolute Gasteiger partial charge is 0.371 e. The number of benzene rings is 1. The molecule has 2 saturated heterocycles. The number of carbonyl (C=O) groups is 1. The Labute approximate surface area is 131 Å². The molecule has 0 unspecified atom stereocenters. The monoisotopic (exact) mass is 358 g/mol.